The molecular weight excluding hydrogens is 256 g/mol. The van der Waals surface area contributed by atoms with E-state index in [4.69, 9.17) is 21.5 Å². The van der Waals surface area contributed by atoms with Crippen LogP contribution in [0.5, 0.6) is 5.75 Å². The van der Waals surface area contributed by atoms with Crippen molar-refractivity contribution in [3.8, 4) is 11.8 Å². The normalized spacial score (nSPS) is 9.75. The van der Waals surface area contributed by atoms with Crippen LogP contribution in [0.15, 0.2) is 36.5 Å². The molecule has 0 aliphatic heterocycles. The average molecular weight is 268 g/mol. The fourth-order valence-electron chi connectivity index (χ4n) is 1.65. The van der Waals surface area contributed by atoms with Crippen LogP contribution in [-0.2, 0) is 6.61 Å². The first kappa shape index (κ1) is 13.4. The van der Waals surface area contributed by atoms with E-state index in [0.29, 0.717) is 17.1 Å². The summed E-state index contributed by atoms with van der Waals surface area (Å²) in [4.78, 5) is 15.2. The predicted octanol–water partition coefficient (Wildman–Crippen LogP) is 1.21. The van der Waals surface area contributed by atoms with Crippen LogP contribution in [0, 0.1) is 11.3 Å². The molecular formula is C14H12N4O2. The third kappa shape index (κ3) is 3.03. The zero-order chi connectivity index (χ0) is 14.5. The number of carbonyl (C=O) groups excluding carboxylic acids is 1. The summed E-state index contributed by atoms with van der Waals surface area (Å²) >= 11 is 0. The number of benzene rings is 1. The molecule has 4 N–H and O–H groups in total. The average Bonchev–Trinajstić information content (AvgIpc) is 2.45. The summed E-state index contributed by atoms with van der Waals surface area (Å²) in [7, 11) is 0. The SMILES string of the molecule is N#Cc1cc(COc2cc(N)ccc2C(N)=O)ccn1. The van der Waals surface area contributed by atoms with Crippen LogP contribution in [-0.4, -0.2) is 10.9 Å². The molecule has 0 radical (unpaired) electrons. The summed E-state index contributed by atoms with van der Waals surface area (Å²) in [6.07, 6.45) is 1.52. The maximum atomic E-state index is 11.3. The molecule has 2 aromatic rings. The first-order valence-electron chi connectivity index (χ1n) is 5.77. The Morgan fingerprint density at radius 2 is 2.15 bits per heavy atom. The van der Waals surface area contributed by atoms with Gasteiger partial charge in [-0.3, -0.25) is 4.79 Å². The zero-order valence-electron chi connectivity index (χ0n) is 10.5. The fourth-order valence-corrected chi connectivity index (χ4v) is 1.65. The Hall–Kier alpha value is -3.07. The Balaban J connectivity index is 2.20. The molecule has 1 heterocycles. The standard InChI is InChI=1S/C14H12N4O2/c15-7-11-5-9(3-4-18-11)8-20-13-6-10(16)1-2-12(13)14(17)19/h1-6H,8,16H2,(H2,17,19). The second-order valence-electron chi connectivity index (χ2n) is 4.07. The summed E-state index contributed by atoms with van der Waals surface area (Å²) < 4.78 is 5.55. The van der Waals surface area contributed by atoms with Gasteiger partial charge in [-0.15, -0.1) is 0 Å². The molecule has 20 heavy (non-hydrogen) atoms. The number of anilines is 1. The zero-order valence-corrected chi connectivity index (χ0v) is 10.5. The van der Waals surface area contributed by atoms with Gasteiger partial charge in [0.15, 0.2) is 0 Å². The van der Waals surface area contributed by atoms with Crippen molar-refractivity contribution in [1.29, 1.82) is 5.26 Å². The van der Waals surface area contributed by atoms with Crippen LogP contribution in [0.25, 0.3) is 0 Å². The molecule has 6 nitrogen and oxygen atoms in total. The summed E-state index contributed by atoms with van der Waals surface area (Å²) in [5, 5.41) is 8.77. The molecule has 0 fully saturated rings. The first-order chi connectivity index (χ1) is 9.60. The third-order valence-corrected chi connectivity index (χ3v) is 2.60. The summed E-state index contributed by atoms with van der Waals surface area (Å²) in [6, 6.07) is 9.90. The summed E-state index contributed by atoms with van der Waals surface area (Å²) in [5.41, 5.74) is 12.7. The van der Waals surface area contributed by atoms with Gasteiger partial charge >= 0.3 is 0 Å². The lowest BCUT2D eigenvalue weighted by Crippen LogP contribution is -2.13. The molecule has 0 aliphatic rings. The number of nitrogens with two attached hydrogens (primary N) is 2. The number of ether oxygens (including phenoxy) is 1. The number of nitrogen functional groups attached to an aromatic ring is 1. The predicted molar refractivity (Wildman–Crippen MR) is 72.7 cm³/mol. The van der Waals surface area contributed by atoms with Gasteiger partial charge in [-0.05, 0) is 29.8 Å². The number of pyridine rings is 1. The molecule has 0 unspecified atom stereocenters. The Morgan fingerprint density at radius 1 is 1.35 bits per heavy atom. The molecule has 1 aromatic carbocycles. The van der Waals surface area contributed by atoms with Crippen molar-refractivity contribution in [2.45, 2.75) is 6.61 Å². The maximum absolute atomic E-state index is 11.3. The number of aromatic nitrogens is 1. The highest BCUT2D eigenvalue weighted by atomic mass is 16.5. The van der Waals surface area contributed by atoms with Gasteiger partial charge in [0.05, 0.1) is 5.56 Å². The van der Waals surface area contributed by atoms with Crippen LogP contribution < -0.4 is 16.2 Å². The fraction of sp³-hybridized carbons (Fsp3) is 0.0714. The Kier molecular flexibility index (Phi) is 3.82. The molecule has 6 heteroatoms. The highest BCUT2D eigenvalue weighted by molar-refractivity contribution is 5.96. The molecule has 0 spiro atoms. The number of amides is 1. The van der Waals surface area contributed by atoms with Gasteiger partial charge in [-0.25, -0.2) is 4.98 Å². The van der Waals surface area contributed by atoms with E-state index in [9.17, 15) is 4.79 Å². The van der Waals surface area contributed by atoms with Crippen LogP contribution in [0.4, 0.5) is 5.69 Å². The van der Waals surface area contributed by atoms with Gasteiger partial charge < -0.3 is 16.2 Å². The van der Waals surface area contributed by atoms with Crippen molar-refractivity contribution in [3.63, 3.8) is 0 Å². The number of hydrogen-bond acceptors (Lipinski definition) is 5. The minimum Gasteiger partial charge on any atom is -0.488 e. The van der Waals surface area contributed by atoms with Gasteiger partial charge in [0.25, 0.3) is 5.91 Å². The minimum atomic E-state index is -0.590. The molecule has 1 amide bonds. The van der Waals surface area contributed by atoms with Gasteiger partial charge in [0.2, 0.25) is 0 Å². The van der Waals surface area contributed by atoms with Gasteiger partial charge in [-0.1, -0.05) is 0 Å². The van der Waals surface area contributed by atoms with Crippen molar-refractivity contribution < 1.29 is 9.53 Å². The molecule has 0 bridgehead atoms. The summed E-state index contributed by atoms with van der Waals surface area (Å²) in [5.74, 6) is -0.278. The van der Waals surface area contributed by atoms with E-state index in [1.54, 1.807) is 18.2 Å². The quantitative estimate of drug-likeness (QED) is 0.809. The van der Waals surface area contributed by atoms with E-state index in [1.807, 2.05) is 6.07 Å². The number of nitrogens with zero attached hydrogens (tertiary/aromatic N) is 2. The van der Waals surface area contributed by atoms with Crippen molar-refractivity contribution >= 4 is 11.6 Å². The van der Waals surface area contributed by atoms with Gasteiger partial charge in [0.1, 0.15) is 24.1 Å². The Morgan fingerprint density at radius 3 is 2.85 bits per heavy atom. The second kappa shape index (κ2) is 5.71. The molecule has 1 aromatic heterocycles. The number of nitriles is 1. The van der Waals surface area contributed by atoms with E-state index in [-0.39, 0.29) is 12.2 Å². The largest absolute Gasteiger partial charge is 0.488 e. The van der Waals surface area contributed by atoms with E-state index in [2.05, 4.69) is 4.98 Å². The van der Waals surface area contributed by atoms with Crippen molar-refractivity contribution in [2.75, 3.05) is 5.73 Å². The van der Waals surface area contributed by atoms with E-state index < -0.39 is 5.91 Å². The van der Waals surface area contributed by atoms with E-state index in [0.717, 1.165) is 5.56 Å². The molecule has 0 atom stereocenters. The topological polar surface area (TPSA) is 115 Å². The molecule has 2 rings (SSSR count). The smallest absolute Gasteiger partial charge is 0.252 e. The van der Waals surface area contributed by atoms with Gasteiger partial charge in [0, 0.05) is 18.0 Å². The Bertz CT molecular complexity index is 692. The van der Waals surface area contributed by atoms with E-state index >= 15 is 0 Å². The number of primary amides is 1. The molecule has 0 saturated carbocycles. The number of carbonyl (C=O) groups is 1. The summed E-state index contributed by atoms with van der Waals surface area (Å²) in [6.45, 7) is 0.181. The second-order valence-corrected chi connectivity index (χ2v) is 4.07. The lowest BCUT2D eigenvalue weighted by Gasteiger charge is -2.10. The van der Waals surface area contributed by atoms with Crippen LogP contribution in [0.3, 0.4) is 0 Å². The highest BCUT2D eigenvalue weighted by Crippen LogP contribution is 2.22. The lowest BCUT2D eigenvalue weighted by atomic mass is 10.1. The third-order valence-electron chi connectivity index (χ3n) is 2.60. The molecule has 100 valence electrons. The van der Waals surface area contributed by atoms with Crippen LogP contribution in [0.1, 0.15) is 21.6 Å². The highest BCUT2D eigenvalue weighted by Gasteiger charge is 2.10. The van der Waals surface area contributed by atoms with Crippen molar-refractivity contribution in [3.05, 3.63) is 53.3 Å². The van der Waals surface area contributed by atoms with Crippen molar-refractivity contribution in [1.82, 2.24) is 4.98 Å². The van der Waals surface area contributed by atoms with E-state index in [1.165, 1.54) is 18.3 Å². The minimum absolute atomic E-state index is 0.181. The number of hydrogen-bond donors (Lipinski definition) is 2. The molecule has 0 aliphatic carbocycles. The first-order valence-corrected chi connectivity index (χ1v) is 5.77. The Labute approximate surface area is 115 Å². The lowest BCUT2D eigenvalue weighted by molar-refractivity contribution is 0.0996. The van der Waals surface area contributed by atoms with Gasteiger partial charge in [-0.2, -0.15) is 5.26 Å². The van der Waals surface area contributed by atoms with Crippen LogP contribution >= 0.6 is 0 Å². The number of rotatable bonds is 4. The maximum Gasteiger partial charge on any atom is 0.252 e. The van der Waals surface area contributed by atoms with Crippen molar-refractivity contribution in [2.24, 2.45) is 5.73 Å². The monoisotopic (exact) mass is 268 g/mol. The molecule has 0 saturated heterocycles. The van der Waals surface area contributed by atoms with Crippen LogP contribution in [0.2, 0.25) is 0 Å².